The number of rotatable bonds is 13. The Labute approximate surface area is 149 Å². The first-order valence-electron chi connectivity index (χ1n) is 9.40. The molecule has 0 aliphatic heterocycles. The molecule has 0 spiro atoms. The van der Waals surface area contributed by atoms with E-state index in [2.05, 4.69) is 32.6 Å². The lowest BCUT2D eigenvalue weighted by atomic mass is 10.1. The average Bonchev–Trinajstić information content (AvgIpc) is 2.53. The normalized spacial score (nSPS) is 12.4. The van der Waals surface area contributed by atoms with E-state index in [4.69, 9.17) is 9.05 Å². The number of hydrogen-bond donors (Lipinski definition) is 0. The van der Waals surface area contributed by atoms with Gasteiger partial charge in [0.05, 0.1) is 24.2 Å². The third kappa shape index (κ3) is 7.13. The largest absolute Gasteiger partial charge is 0.371 e. The van der Waals surface area contributed by atoms with E-state index < -0.39 is 7.60 Å². The van der Waals surface area contributed by atoms with Gasteiger partial charge in [0.2, 0.25) is 0 Å². The molecule has 24 heavy (non-hydrogen) atoms. The SMILES string of the molecule is CC=C(C(=C(C)C)N(CCCC)CCCC)P(=O)(OCC)OCC. The zero-order chi connectivity index (χ0) is 18.6. The Morgan fingerprint density at radius 1 is 0.958 bits per heavy atom. The summed E-state index contributed by atoms with van der Waals surface area (Å²) in [5.41, 5.74) is 2.18. The highest BCUT2D eigenvalue weighted by Gasteiger charge is 2.34. The second-order valence-corrected chi connectivity index (χ2v) is 8.04. The second kappa shape index (κ2) is 12.7. The van der Waals surface area contributed by atoms with Crippen LogP contribution < -0.4 is 0 Å². The van der Waals surface area contributed by atoms with Crippen LogP contribution in [0.4, 0.5) is 0 Å². The number of nitrogens with zero attached hydrogens (tertiary/aromatic N) is 1. The minimum Gasteiger partial charge on any atom is -0.371 e. The summed E-state index contributed by atoms with van der Waals surface area (Å²) in [6.45, 7) is 16.8. The van der Waals surface area contributed by atoms with Gasteiger partial charge in [-0.25, -0.2) is 0 Å². The molecule has 0 atom stereocenters. The Bertz CT molecular complexity index is 436. The van der Waals surface area contributed by atoms with Gasteiger partial charge in [-0.1, -0.05) is 38.3 Å². The summed E-state index contributed by atoms with van der Waals surface area (Å²) in [6, 6.07) is 0. The van der Waals surface area contributed by atoms with Gasteiger partial charge in [-0.2, -0.15) is 0 Å². The van der Waals surface area contributed by atoms with Crippen LogP contribution in [0.5, 0.6) is 0 Å². The van der Waals surface area contributed by atoms with Crippen LogP contribution in [0, 0.1) is 0 Å². The van der Waals surface area contributed by atoms with Gasteiger partial charge >= 0.3 is 7.60 Å². The maximum atomic E-state index is 13.4. The van der Waals surface area contributed by atoms with Crippen molar-refractivity contribution in [3.05, 3.63) is 22.7 Å². The summed E-state index contributed by atoms with van der Waals surface area (Å²) < 4.78 is 24.6. The first-order valence-corrected chi connectivity index (χ1v) is 10.9. The molecule has 0 aromatic carbocycles. The van der Waals surface area contributed by atoms with E-state index in [1.54, 1.807) is 0 Å². The summed E-state index contributed by atoms with van der Waals surface area (Å²) in [5.74, 6) is 0. The molecule has 4 nitrogen and oxygen atoms in total. The van der Waals surface area contributed by atoms with Gasteiger partial charge in [-0.15, -0.1) is 0 Å². The Kier molecular flexibility index (Phi) is 12.4. The van der Waals surface area contributed by atoms with Gasteiger partial charge in [0.1, 0.15) is 0 Å². The molecule has 142 valence electrons. The van der Waals surface area contributed by atoms with Crippen LogP contribution in [0.25, 0.3) is 0 Å². The summed E-state index contributed by atoms with van der Waals surface area (Å²) in [7, 11) is -3.30. The lowest BCUT2D eigenvalue weighted by Crippen LogP contribution is -2.28. The maximum Gasteiger partial charge on any atom is 0.363 e. The Balaban J connectivity index is 5.87. The lowest BCUT2D eigenvalue weighted by molar-refractivity contribution is 0.224. The fourth-order valence-electron chi connectivity index (χ4n) is 2.71. The average molecular weight is 359 g/mol. The molecule has 0 bridgehead atoms. The van der Waals surface area contributed by atoms with Crippen LogP contribution in [0.3, 0.4) is 0 Å². The molecule has 0 aromatic heterocycles. The summed E-state index contributed by atoms with van der Waals surface area (Å²) in [4.78, 5) is 2.36. The van der Waals surface area contributed by atoms with Gasteiger partial charge in [0.15, 0.2) is 0 Å². The number of allylic oxidation sites excluding steroid dienone is 3. The zero-order valence-electron chi connectivity index (χ0n) is 16.9. The lowest BCUT2D eigenvalue weighted by Gasteiger charge is -2.32. The molecule has 0 N–H and O–H groups in total. The predicted molar refractivity (Wildman–Crippen MR) is 104 cm³/mol. The molecule has 0 amide bonds. The number of hydrogen-bond acceptors (Lipinski definition) is 4. The van der Waals surface area contributed by atoms with Crippen LogP contribution >= 0.6 is 7.60 Å². The molecule has 0 saturated carbocycles. The van der Waals surface area contributed by atoms with E-state index in [9.17, 15) is 4.57 Å². The molecule has 5 heteroatoms. The van der Waals surface area contributed by atoms with E-state index in [0.29, 0.717) is 18.5 Å². The van der Waals surface area contributed by atoms with Crippen LogP contribution in [0.2, 0.25) is 0 Å². The first-order chi connectivity index (χ1) is 11.4. The van der Waals surface area contributed by atoms with Crippen molar-refractivity contribution in [2.24, 2.45) is 0 Å². The van der Waals surface area contributed by atoms with Gasteiger partial charge in [0, 0.05) is 13.1 Å². The van der Waals surface area contributed by atoms with Crippen LogP contribution in [0.1, 0.15) is 74.1 Å². The molecule has 0 radical (unpaired) electrons. The first kappa shape index (κ1) is 23.4. The van der Waals surface area contributed by atoms with Crippen molar-refractivity contribution >= 4 is 7.60 Å². The molecule has 0 aliphatic carbocycles. The molecule has 0 aliphatic rings. The summed E-state index contributed by atoms with van der Waals surface area (Å²) in [6.07, 6.45) is 6.41. The van der Waals surface area contributed by atoms with Gasteiger partial charge in [-0.3, -0.25) is 4.57 Å². The molecule has 0 saturated heterocycles. The highest BCUT2D eigenvalue weighted by Crippen LogP contribution is 2.59. The molecule has 0 fully saturated rings. The van der Waals surface area contributed by atoms with Crippen molar-refractivity contribution < 1.29 is 13.6 Å². The fourth-order valence-corrected chi connectivity index (χ4v) is 4.68. The molecule has 0 rings (SSSR count). The maximum absolute atomic E-state index is 13.4. The predicted octanol–water partition coefficient (Wildman–Crippen LogP) is 6.35. The van der Waals surface area contributed by atoms with Gasteiger partial charge < -0.3 is 13.9 Å². The minimum atomic E-state index is -3.30. The van der Waals surface area contributed by atoms with E-state index >= 15 is 0 Å². The molecule has 0 aromatic rings. The second-order valence-electron chi connectivity index (χ2n) is 6.05. The van der Waals surface area contributed by atoms with Crippen molar-refractivity contribution in [2.45, 2.75) is 74.1 Å². The third-order valence-electron chi connectivity index (χ3n) is 3.76. The third-order valence-corrected chi connectivity index (χ3v) is 6.02. The highest BCUT2D eigenvalue weighted by atomic mass is 31.2. The minimum absolute atomic E-state index is 0.370. The Morgan fingerprint density at radius 3 is 1.71 bits per heavy atom. The van der Waals surface area contributed by atoms with Crippen molar-refractivity contribution in [2.75, 3.05) is 26.3 Å². The molecular weight excluding hydrogens is 321 g/mol. The van der Waals surface area contributed by atoms with Crippen LogP contribution in [-0.4, -0.2) is 31.2 Å². The zero-order valence-corrected chi connectivity index (χ0v) is 17.7. The molecule has 0 unspecified atom stereocenters. The smallest absolute Gasteiger partial charge is 0.363 e. The van der Waals surface area contributed by atoms with Crippen LogP contribution in [-0.2, 0) is 13.6 Å². The van der Waals surface area contributed by atoms with Crippen molar-refractivity contribution in [3.8, 4) is 0 Å². The highest BCUT2D eigenvalue weighted by molar-refractivity contribution is 7.58. The van der Waals surface area contributed by atoms with E-state index in [1.165, 1.54) is 0 Å². The molecular formula is C19H38NO3P. The number of unbranched alkanes of at least 4 members (excludes halogenated alkanes) is 2. The quantitative estimate of drug-likeness (QED) is 0.283. The Hall–Kier alpha value is -0.570. The van der Waals surface area contributed by atoms with E-state index in [1.807, 2.05) is 26.8 Å². The van der Waals surface area contributed by atoms with E-state index in [-0.39, 0.29) is 0 Å². The topological polar surface area (TPSA) is 38.8 Å². The van der Waals surface area contributed by atoms with Crippen molar-refractivity contribution in [1.82, 2.24) is 4.90 Å². The summed E-state index contributed by atoms with van der Waals surface area (Å²) in [5, 5.41) is 0.707. The fraction of sp³-hybridized carbons (Fsp3) is 0.789. The van der Waals surface area contributed by atoms with Crippen molar-refractivity contribution in [1.29, 1.82) is 0 Å². The van der Waals surface area contributed by atoms with Crippen LogP contribution in [0.15, 0.2) is 22.7 Å². The molecule has 0 heterocycles. The van der Waals surface area contributed by atoms with Gasteiger partial charge in [0.25, 0.3) is 0 Å². The standard InChI is InChI=1S/C19H38NO3P/c1-8-13-15-20(16-14-9-2)19(17(6)7)18(10-3)24(21,22-11-4)23-12-5/h10H,8-9,11-16H2,1-7H3. The summed E-state index contributed by atoms with van der Waals surface area (Å²) >= 11 is 0. The Morgan fingerprint density at radius 2 is 1.42 bits per heavy atom. The van der Waals surface area contributed by atoms with Gasteiger partial charge in [-0.05, 0) is 47.5 Å². The van der Waals surface area contributed by atoms with E-state index in [0.717, 1.165) is 50.0 Å². The monoisotopic (exact) mass is 359 g/mol. The van der Waals surface area contributed by atoms with Crippen molar-refractivity contribution in [3.63, 3.8) is 0 Å².